The molecule has 1 aliphatic rings. The lowest BCUT2D eigenvalue weighted by Crippen LogP contribution is -2.51. The summed E-state index contributed by atoms with van der Waals surface area (Å²) in [5, 5.41) is 0. The van der Waals surface area contributed by atoms with E-state index >= 15 is 0 Å². The Labute approximate surface area is 133 Å². The van der Waals surface area contributed by atoms with Gasteiger partial charge in [0.2, 0.25) is 0 Å². The van der Waals surface area contributed by atoms with Crippen LogP contribution in [0.1, 0.15) is 67.2 Å². The first kappa shape index (κ1) is 19.1. The van der Waals surface area contributed by atoms with Gasteiger partial charge in [-0.15, -0.1) is 0 Å². The van der Waals surface area contributed by atoms with E-state index in [1.54, 1.807) is 0 Å². The fraction of sp³-hybridized carbons (Fsp3) is 1.00. The molecule has 0 atom stereocenters. The fourth-order valence-electron chi connectivity index (χ4n) is 2.61. The van der Waals surface area contributed by atoms with Crippen molar-refractivity contribution in [2.24, 2.45) is 17.8 Å². The molecule has 0 aromatic carbocycles. The van der Waals surface area contributed by atoms with Crippen molar-refractivity contribution in [3.63, 3.8) is 0 Å². The van der Waals surface area contributed by atoms with Crippen molar-refractivity contribution in [1.29, 1.82) is 0 Å². The van der Waals surface area contributed by atoms with E-state index in [1.165, 1.54) is 25.7 Å². The Hall–Kier alpha value is 0.0969. The zero-order valence-electron chi connectivity index (χ0n) is 15.0. The van der Waals surface area contributed by atoms with Gasteiger partial charge in [-0.3, -0.25) is 0 Å². The summed E-state index contributed by atoms with van der Waals surface area (Å²) in [6.45, 7) is 15.4. The molecule has 0 heterocycles. The monoisotopic (exact) mass is 316 g/mol. The van der Waals surface area contributed by atoms with Crippen molar-refractivity contribution >= 4 is 8.80 Å². The Kier molecular flexibility index (Phi) is 8.46. The molecular formula is C17H36O3Si. The predicted molar refractivity (Wildman–Crippen MR) is 90.3 cm³/mol. The van der Waals surface area contributed by atoms with Crippen molar-refractivity contribution in [1.82, 2.24) is 0 Å². The van der Waals surface area contributed by atoms with E-state index in [2.05, 4.69) is 41.5 Å². The molecule has 0 unspecified atom stereocenters. The van der Waals surface area contributed by atoms with Crippen molar-refractivity contribution in [2.75, 3.05) is 19.8 Å². The summed E-state index contributed by atoms with van der Waals surface area (Å²) in [6, 6.07) is 0. The van der Waals surface area contributed by atoms with Gasteiger partial charge in [-0.1, -0.05) is 54.4 Å². The third-order valence-corrected chi connectivity index (χ3v) is 6.99. The Morgan fingerprint density at radius 2 is 1.05 bits per heavy atom. The van der Waals surface area contributed by atoms with E-state index < -0.39 is 8.80 Å². The van der Waals surface area contributed by atoms with Crippen LogP contribution in [0.4, 0.5) is 0 Å². The molecule has 1 rings (SSSR count). The van der Waals surface area contributed by atoms with E-state index in [9.17, 15) is 0 Å². The lowest BCUT2D eigenvalue weighted by atomic mass is 10.2. The smallest absolute Gasteiger partial charge is 0.373 e. The van der Waals surface area contributed by atoms with Gasteiger partial charge in [-0.25, -0.2) is 0 Å². The van der Waals surface area contributed by atoms with Crippen LogP contribution in [0.25, 0.3) is 0 Å². The summed E-state index contributed by atoms with van der Waals surface area (Å²) in [7, 11) is -2.55. The molecule has 1 fully saturated rings. The molecule has 0 aliphatic heterocycles. The first-order valence-electron chi connectivity index (χ1n) is 8.77. The molecule has 1 saturated carbocycles. The van der Waals surface area contributed by atoms with Crippen LogP contribution in [0.3, 0.4) is 0 Å². The molecule has 0 N–H and O–H groups in total. The summed E-state index contributed by atoms with van der Waals surface area (Å²) >= 11 is 0. The number of rotatable bonds is 10. The zero-order valence-corrected chi connectivity index (χ0v) is 16.0. The fourth-order valence-corrected chi connectivity index (χ4v) is 6.38. The summed E-state index contributed by atoms with van der Waals surface area (Å²) < 4.78 is 19.1. The van der Waals surface area contributed by atoms with Crippen LogP contribution in [0.15, 0.2) is 0 Å². The highest BCUT2D eigenvalue weighted by molar-refractivity contribution is 6.62. The van der Waals surface area contributed by atoms with E-state index in [-0.39, 0.29) is 0 Å². The highest BCUT2D eigenvalue weighted by atomic mass is 28.4. The molecule has 0 radical (unpaired) electrons. The Morgan fingerprint density at radius 1 is 0.714 bits per heavy atom. The topological polar surface area (TPSA) is 27.7 Å². The third kappa shape index (κ3) is 6.81. The molecular weight excluding hydrogens is 280 g/mol. The summed E-state index contributed by atoms with van der Waals surface area (Å²) in [5.74, 6) is 1.55. The Morgan fingerprint density at radius 3 is 1.33 bits per heavy atom. The lowest BCUT2D eigenvalue weighted by Gasteiger charge is -2.36. The average Bonchev–Trinajstić information content (AvgIpc) is 2.92. The highest BCUT2D eigenvalue weighted by Gasteiger charge is 2.50. The van der Waals surface area contributed by atoms with E-state index in [0.29, 0.717) is 23.3 Å². The van der Waals surface area contributed by atoms with Gasteiger partial charge in [0.05, 0.1) is 0 Å². The Bertz CT molecular complexity index is 242. The second-order valence-electron chi connectivity index (χ2n) is 7.70. The van der Waals surface area contributed by atoms with Crippen LogP contribution in [0, 0.1) is 17.8 Å². The molecule has 0 aromatic heterocycles. The highest BCUT2D eigenvalue weighted by Crippen LogP contribution is 2.41. The van der Waals surface area contributed by atoms with Crippen LogP contribution in [-0.2, 0) is 13.3 Å². The normalized spacial score (nSPS) is 17.6. The standard InChI is InChI=1S/C17H36O3Si/c1-14(2)11-18-21(19-12-15(3)4,20-13-16(5)6)17-9-7-8-10-17/h14-17H,7-13H2,1-6H3. The van der Waals surface area contributed by atoms with Crippen LogP contribution in [-0.4, -0.2) is 28.6 Å². The van der Waals surface area contributed by atoms with Crippen LogP contribution >= 0.6 is 0 Å². The third-order valence-electron chi connectivity index (χ3n) is 3.71. The van der Waals surface area contributed by atoms with Crippen molar-refractivity contribution in [2.45, 2.75) is 72.8 Å². The van der Waals surface area contributed by atoms with Gasteiger partial charge in [0, 0.05) is 25.4 Å². The van der Waals surface area contributed by atoms with Gasteiger partial charge >= 0.3 is 8.80 Å². The second kappa shape index (κ2) is 9.28. The first-order chi connectivity index (χ1) is 9.85. The van der Waals surface area contributed by atoms with Gasteiger partial charge in [-0.2, -0.15) is 0 Å². The van der Waals surface area contributed by atoms with Gasteiger partial charge in [0.25, 0.3) is 0 Å². The molecule has 21 heavy (non-hydrogen) atoms. The molecule has 1 aliphatic carbocycles. The summed E-state index contributed by atoms with van der Waals surface area (Å²) in [6.07, 6.45) is 5.00. The first-order valence-corrected chi connectivity index (χ1v) is 10.6. The van der Waals surface area contributed by atoms with Gasteiger partial charge in [-0.05, 0) is 30.6 Å². The van der Waals surface area contributed by atoms with Gasteiger partial charge in [0.1, 0.15) is 0 Å². The SMILES string of the molecule is CC(C)CO[Si](OCC(C)C)(OCC(C)C)C1CCCC1. The van der Waals surface area contributed by atoms with Crippen molar-refractivity contribution in [3.05, 3.63) is 0 Å². The second-order valence-corrected chi connectivity index (χ2v) is 10.6. The van der Waals surface area contributed by atoms with Crippen LogP contribution in [0.2, 0.25) is 5.54 Å². The maximum Gasteiger partial charge on any atom is 0.504 e. The molecule has 4 heteroatoms. The number of hydrogen-bond acceptors (Lipinski definition) is 3. The minimum Gasteiger partial charge on any atom is -0.373 e. The predicted octanol–water partition coefficient (Wildman–Crippen LogP) is 4.89. The average molecular weight is 317 g/mol. The van der Waals surface area contributed by atoms with E-state index in [0.717, 1.165) is 19.8 Å². The van der Waals surface area contributed by atoms with Crippen LogP contribution < -0.4 is 0 Å². The maximum absolute atomic E-state index is 6.37. The van der Waals surface area contributed by atoms with E-state index in [4.69, 9.17) is 13.3 Å². The van der Waals surface area contributed by atoms with Crippen molar-refractivity contribution in [3.8, 4) is 0 Å². The largest absolute Gasteiger partial charge is 0.504 e. The quantitative estimate of drug-likeness (QED) is 0.537. The lowest BCUT2D eigenvalue weighted by molar-refractivity contribution is 0.0282. The summed E-state index contributed by atoms with van der Waals surface area (Å²) in [4.78, 5) is 0. The van der Waals surface area contributed by atoms with E-state index in [1.807, 2.05) is 0 Å². The van der Waals surface area contributed by atoms with Gasteiger partial charge < -0.3 is 13.3 Å². The van der Waals surface area contributed by atoms with Crippen LogP contribution in [0.5, 0.6) is 0 Å². The molecule has 0 spiro atoms. The molecule has 0 aromatic rings. The molecule has 126 valence electrons. The van der Waals surface area contributed by atoms with Gasteiger partial charge in [0.15, 0.2) is 0 Å². The van der Waals surface area contributed by atoms with Crippen molar-refractivity contribution < 1.29 is 13.3 Å². The molecule has 0 bridgehead atoms. The number of hydrogen-bond donors (Lipinski definition) is 0. The minimum atomic E-state index is -2.55. The molecule has 0 saturated heterocycles. The molecule has 0 amide bonds. The zero-order chi connectivity index (χ0) is 15.9. The maximum atomic E-state index is 6.37. The minimum absolute atomic E-state index is 0.508. The Balaban J connectivity index is 2.81. The molecule has 3 nitrogen and oxygen atoms in total. The summed E-state index contributed by atoms with van der Waals surface area (Å²) in [5.41, 5.74) is 0.508.